The van der Waals surface area contributed by atoms with Crippen molar-refractivity contribution in [3.63, 3.8) is 0 Å². The molecule has 23 heavy (non-hydrogen) atoms. The van der Waals surface area contributed by atoms with Crippen LogP contribution in [0.15, 0.2) is 24.3 Å². The lowest BCUT2D eigenvalue weighted by Gasteiger charge is -2.10. The van der Waals surface area contributed by atoms with Crippen molar-refractivity contribution in [3.8, 4) is 0 Å². The number of benzene rings is 1. The molecule has 1 saturated heterocycles. The Morgan fingerprint density at radius 3 is 3.09 bits per heavy atom. The number of carbonyl (C=O) groups is 1. The first-order chi connectivity index (χ1) is 11.3. The van der Waals surface area contributed by atoms with Crippen LogP contribution in [0.4, 0.5) is 0 Å². The minimum absolute atomic E-state index is 0.0165. The van der Waals surface area contributed by atoms with Gasteiger partial charge in [0.2, 0.25) is 0 Å². The number of thiophene rings is 1. The second-order valence-corrected chi connectivity index (χ2v) is 6.92. The van der Waals surface area contributed by atoms with E-state index in [1.807, 2.05) is 19.1 Å². The normalized spacial score (nSPS) is 17.7. The van der Waals surface area contributed by atoms with Gasteiger partial charge >= 0.3 is 0 Å². The van der Waals surface area contributed by atoms with Gasteiger partial charge in [-0.3, -0.25) is 4.79 Å². The van der Waals surface area contributed by atoms with Gasteiger partial charge in [0.25, 0.3) is 5.91 Å². The number of rotatable bonds is 7. The van der Waals surface area contributed by atoms with Gasteiger partial charge in [-0.1, -0.05) is 18.2 Å². The average molecular weight is 333 g/mol. The summed E-state index contributed by atoms with van der Waals surface area (Å²) < 4.78 is 12.3. The fraction of sp³-hybridized carbons (Fsp3) is 0.500. The van der Waals surface area contributed by atoms with Crippen LogP contribution in [0.5, 0.6) is 0 Å². The predicted molar refractivity (Wildman–Crippen MR) is 93.3 cm³/mol. The Labute approximate surface area is 140 Å². The summed E-state index contributed by atoms with van der Waals surface area (Å²) in [6.07, 6.45) is 3.33. The summed E-state index contributed by atoms with van der Waals surface area (Å²) in [4.78, 5) is 13.1. The molecule has 0 saturated carbocycles. The highest BCUT2D eigenvalue weighted by molar-refractivity contribution is 7.21. The fourth-order valence-corrected chi connectivity index (χ4v) is 3.96. The lowest BCUT2D eigenvalue weighted by atomic mass is 10.1. The fourth-order valence-electron chi connectivity index (χ4n) is 2.84. The largest absolute Gasteiger partial charge is 0.379 e. The molecule has 2 heterocycles. The second kappa shape index (κ2) is 7.90. The van der Waals surface area contributed by atoms with E-state index in [9.17, 15) is 4.79 Å². The molecule has 124 valence electrons. The van der Waals surface area contributed by atoms with Gasteiger partial charge in [-0.15, -0.1) is 11.3 Å². The number of ether oxygens (including phenoxy) is 2. The molecule has 0 radical (unpaired) electrons. The molecule has 3 rings (SSSR count). The maximum Gasteiger partial charge on any atom is 0.261 e. The van der Waals surface area contributed by atoms with Crippen LogP contribution in [0, 0.1) is 6.92 Å². The van der Waals surface area contributed by atoms with Gasteiger partial charge in [0.15, 0.2) is 0 Å². The molecular formula is C18H23NO3S. The molecule has 1 aliphatic heterocycles. The lowest BCUT2D eigenvalue weighted by molar-refractivity contribution is 0.0166. The zero-order valence-corrected chi connectivity index (χ0v) is 14.3. The number of nitrogens with one attached hydrogen (secondary N) is 1. The van der Waals surface area contributed by atoms with Crippen molar-refractivity contribution in [2.24, 2.45) is 0 Å². The van der Waals surface area contributed by atoms with Crippen LogP contribution < -0.4 is 5.32 Å². The van der Waals surface area contributed by atoms with Crippen LogP contribution in [0.3, 0.4) is 0 Å². The van der Waals surface area contributed by atoms with Gasteiger partial charge in [0.05, 0.1) is 17.6 Å². The maximum absolute atomic E-state index is 12.3. The number of fused-ring (bicyclic) bond motifs is 1. The van der Waals surface area contributed by atoms with Crippen LogP contribution in [-0.2, 0) is 9.47 Å². The van der Waals surface area contributed by atoms with E-state index in [0.29, 0.717) is 19.8 Å². The highest BCUT2D eigenvalue weighted by Crippen LogP contribution is 2.30. The topological polar surface area (TPSA) is 47.6 Å². The standard InChI is InChI=1S/C18H23NO3S/c1-13-15-7-2-3-8-16(15)23-17(13)18(20)19-9-5-10-21-12-14-6-4-11-22-14/h2-3,7-8,14H,4-6,9-12H2,1H3,(H,19,20). The summed E-state index contributed by atoms with van der Waals surface area (Å²) in [5.74, 6) is 0.0165. The van der Waals surface area contributed by atoms with Crippen molar-refractivity contribution >= 4 is 27.3 Å². The van der Waals surface area contributed by atoms with Crippen molar-refractivity contribution in [3.05, 3.63) is 34.7 Å². The van der Waals surface area contributed by atoms with Crippen molar-refractivity contribution < 1.29 is 14.3 Å². The number of aryl methyl sites for hydroxylation is 1. The number of carbonyl (C=O) groups excluding carboxylic acids is 1. The van der Waals surface area contributed by atoms with Crippen LogP contribution in [0.1, 0.15) is 34.5 Å². The number of amides is 1. The van der Waals surface area contributed by atoms with E-state index in [2.05, 4.69) is 17.4 Å². The van der Waals surface area contributed by atoms with Crippen LogP contribution >= 0.6 is 11.3 Å². The Morgan fingerprint density at radius 1 is 1.43 bits per heavy atom. The highest BCUT2D eigenvalue weighted by Gasteiger charge is 2.16. The molecule has 1 unspecified atom stereocenters. The summed E-state index contributed by atoms with van der Waals surface area (Å²) in [6.45, 7) is 4.84. The van der Waals surface area contributed by atoms with Gasteiger partial charge in [0.1, 0.15) is 0 Å². The van der Waals surface area contributed by atoms with E-state index in [0.717, 1.165) is 41.0 Å². The monoisotopic (exact) mass is 333 g/mol. The molecule has 5 heteroatoms. The molecule has 1 amide bonds. The Kier molecular flexibility index (Phi) is 5.65. The molecule has 4 nitrogen and oxygen atoms in total. The van der Waals surface area contributed by atoms with Gasteiger partial charge < -0.3 is 14.8 Å². The quantitative estimate of drug-likeness (QED) is 0.789. The zero-order valence-electron chi connectivity index (χ0n) is 13.5. The zero-order chi connectivity index (χ0) is 16.1. The number of hydrogen-bond acceptors (Lipinski definition) is 4. The van der Waals surface area contributed by atoms with Crippen molar-refractivity contribution in [1.82, 2.24) is 5.32 Å². The van der Waals surface area contributed by atoms with Gasteiger partial charge in [-0.2, -0.15) is 0 Å². The third kappa shape index (κ3) is 4.10. The Hall–Kier alpha value is -1.43. The molecule has 1 atom stereocenters. The van der Waals surface area contributed by atoms with Gasteiger partial charge in [-0.25, -0.2) is 0 Å². The molecule has 1 aliphatic rings. The Bertz CT molecular complexity index is 661. The van der Waals surface area contributed by atoms with Crippen molar-refractivity contribution in [1.29, 1.82) is 0 Å². The molecule has 0 spiro atoms. The van der Waals surface area contributed by atoms with Crippen LogP contribution in [0.2, 0.25) is 0 Å². The Balaban J connectivity index is 1.41. The summed E-state index contributed by atoms with van der Waals surface area (Å²) in [5, 5.41) is 4.16. The van der Waals surface area contributed by atoms with E-state index in [4.69, 9.17) is 9.47 Å². The van der Waals surface area contributed by atoms with E-state index in [-0.39, 0.29) is 12.0 Å². The summed E-state index contributed by atoms with van der Waals surface area (Å²) in [7, 11) is 0. The molecule has 1 N–H and O–H groups in total. The Morgan fingerprint density at radius 2 is 2.30 bits per heavy atom. The van der Waals surface area contributed by atoms with Crippen molar-refractivity contribution in [2.75, 3.05) is 26.4 Å². The third-order valence-electron chi connectivity index (χ3n) is 4.13. The number of hydrogen-bond donors (Lipinski definition) is 1. The maximum atomic E-state index is 12.3. The first-order valence-corrected chi connectivity index (χ1v) is 9.03. The minimum atomic E-state index is 0.0165. The third-order valence-corrected chi connectivity index (χ3v) is 5.40. The summed E-state index contributed by atoms with van der Waals surface area (Å²) >= 11 is 1.56. The van der Waals surface area contributed by atoms with E-state index in [1.165, 1.54) is 5.39 Å². The minimum Gasteiger partial charge on any atom is -0.379 e. The van der Waals surface area contributed by atoms with E-state index < -0.39 is 0 Å². The average Bonchev–Trinajstić information content (AvgIpc) is 3.19. The van der Waals surface area contributed by atoms with Crippen LogP contribution in [0.25, 0.3) is 10.1 Å². The molecular weight excluding hydrogens is 310 g/mol. The van der Waals surface area contributed by atoms with Gasteiger partial charge in [-0.05, 0) is 43.2 Å². The molecule has 0 bridgehead atoms. The SMILES string of the molecule is Cc1c(C(=O)NCCCOCC2CCCO2)sc2ccccc12. The molecule has 2 aromatic rings. The van der Waals surface area contributed by atoms with E-state index in [1.54, 1.807) is 11.3 Å². The predicted octanol–water partition coefficient (Wildman–Crippen LogP) is 3.53. The molecule has 1 aromatic heterocycles. The smallest absolute Gasteiger partial charge is 0.261 e. The second-order valence-electron chi connectivity index (χ2n) is 5.87. The molecule has 0 aliphatic carbocycles. The lowest BCUT2D eigenvalue weighted by Crippen LogP contribution is -2.25. The highest BCUT2D eigenvalue weighted by atomic mass is 32.1. The molecule has 1 fully saturated rings. The first kappa shape index (κ1) is 16.4. The summed E-state index contributed by atoms with van der Waals surface area (Å²) in [6, 6.07) is 8.14. The van der Waals surface area contributed by atoms with Crippen LogP contribution in [-0.4, -0.2) is 38.4 Å². The van der Waals surface area contributed by atoms with Gasteiger partial charge in [0, 0.05) is 24.5 Å². The van der Waals surface area contributed by atoms with Crippen molar-refractivity contribution in [2.45, 2.75) is 32.3 Å². The summed E-state index contributed by atoms with van der Waals surface area (Å²) in [5.41, 5.74) is 1.07. The first-order valence-electron chi connectivity index (χ1n) is 8.21. The van der Waals surface area contributed by atoms with E-state index >= 15 is 0 Å². The molecule has 1 aromatic carbocycles.